The van der Waals surface area contributed by atoms with Gasteiger partial charge in [0.1, 0.15) is 11.5 Å². The molecule has 1 N–H and O–H groups in total. The number of hydrogen-bond acceptors (Lipinski definition) is 6. The molecule has 2 aromatic rings. The third-order valence-corrected chi connectivity index (χ3v) is 3.86. The first kappa shape index (κ1) is 19.5. The Balaban J connectivity index is 2.63. The van der Waals surface area contributed by atoms with Crippen molar-refractivity contribution in [3.05, 3.63) is 36.0 Å². The van der Waals surface area contributed by atoms with Gasteiger partial charge < -0.3 is 19.2 Å². The molecule has 0 aliphatic rings. The largest absolute Gasteiger partial charge is 0.468 e. The van der Waals surface area contributed by atoms with Gasteiger partial charge in [-0.1, -0.05) is 18.2 Å². The minimum absolute atomic E-state index is 0.468. The molecule has 0 saturated heterocycles. The summed E-state index contributed by atoms with van der Waals surface area (Å²) in [7, 11) is 2.30. The normalized spacial score (nSPS) is 12.7. The van der Waals surface area contributed by atoms with Gasteiger partial charge in [-0.3, -0.25) is 14.4 Å². The second-order valence-electron chi connectivity index (χ2n) is 6.82. The standard InChI is InChI=1S/C19H23NO6/c1-19(2,3)26-18(23)14(15(16(21)24-4)17(22)25-5)12-10-20-13-9-7-6-8-11(12)13/h6-10,14-15,20H,1-5H3/t14-/m0/s1. The Labute approximate surface area is 151 Å². The summed E-state index contributed by atoms with van der Waals surface area (Å²) < 4.78 is 15.0. The van der Waals surface area contributed by atoms with Crippen molar-refractivity contribution >= 4 is 28.8 Å². The first-order valence-electron chi connectivity index (χ1n) is 8.14. The summed E-state index contributed by atoms with van der Waals surface area (Å²) in [5.41, 5.74) is 0.443. The van der Waals surface area contributed by atoms with Crippen LogP contribution in [0.15, 0.2) is 30.5 Å². The van der Waals surface area contributed by atoms with Gasteiger partial charge in [-0.05, 0) is 32.4 Å². The number of carbonyl (C=O) groups excluding carboxylic acids is 3. The zero-order chi connectivity index (χ0) is 19.5. The van der Waals surface area contributed by atoms with Gasteiger partial charge in [0.15, 0.2) is 5.92 Å². The topological polar surface area (TPSA) is 94.7 Å². The number of aromatic amines is 1. The minimum Gasteiger partial charge on any atom is -0.468 e. The summed E-state index contributed by atoms with van der Waals surface area (Å²) in [4.78, 5) is 40.6. The van der Waals surface area contributed by atoms with Crippen LogP contribution in [0.2, 0.25) is 0 Å². The molecule has 0 amide bonds. The monoisotopic (exact) mass is 361 g/mol. The molecule has 140 valence electrons. The molecule has 1 aromatic carbocycles. The Morgan fingerprint density at radius 1 is 0.962 bits per heavy atom. The first-order valence-corrected chi connectivity index (χ1v) is 8.14. The highest BCUT2D eigenvalue weighted by Crippen LogP contribution is 2.34. The van der Waals surface area contributed by atoms with Gasteiger partial charge in [0.2, 0.25) is 0 Å². The summed E-state index contributed by atoms with van der Waals surface area (Å²) >= 11 is 0. The van der Waals surface area contributed by atoms with E-state index in [2.05, 4.69) is 4.98 Å². The number of para-hydroxylation sites is 1. The zero-order valence-electron chi connectivity index (χ0n) is 15.5. The number of esters is 3. The van der Waals surface area contributed by atoms with Crippen LogP contribution in [0, 0.1) is 5.92 Å². The van der Waals surface area contributed by atoms with Crippen molar-refractivity contribution < 1.29 is 28.6 Å². The van der Waals surface area contributed by atoms with E-state index in [-0.39, 0.29) is 0 Å². The fourth-order valence-corrected chi connectivity index (χ4v) is 2.78. The van der Waals surface area contributed by atoms with Crippen LogP contribution in [-0.2, 0) is 28.6 Å². The molecule has 1 heterocycles. The van der Waals surface area contributed by atoms with Crippen LogP contribution in [-0.4, -0.2) is 42.7 Å². The van der Waals surface area contributed by atoms with E-state index in [1.807, 2.05) is 12.1 Å². The van der Waals surface area contributed by atoms with Gasteiger partial charge in [-0.25, -0.2) is 0 Å². The molecule has 26 heavy (non-hydrogen) atoms. The van der Waals surface area contributed by atoms with Gasteiger partial charge >= 0.3 is 17.9 Å². The Hall–Kier alpha value is -2.83. The van der Waals surface area contributed by atoms with Crippen molar-refractivity contribution in [3.63, 3.8) is 0 Å². The van der Waals surface area contributed by atoms with Gasteiger partial charge in [0.05, 0.1) is 14.2 Å². The van der Waals surface area contributed by atoms with Crippen molar-refractivity contribution in [1.29, 1.82) is 0 Å². The van der Waals surface area contributed by atoms with Crippen LogP contribution in [0.4, 0.5) is 0 Å². The molecule has 0 saturated carbocycles. The number of carbonyl (C=O) groups is 3. The minimum atomic E-state index is -1.47. The Kier molecular flexibility index (Phi) is 5.69. The van der Waals surface area contributed by atoms with E-state index in [4.69, 9.17) is 14.2 Å². The Morgan fingerprint density at radius 2 is 1.54 bits per heavy atom. The molecule has 0 bridgehead atoms. The van der Waals surface area contributed by atoms with E-state index < -0.39 is 35.3 Å². The summed E-state index contributed by atoms with van der Waals surface area (Å²) in [6.07, 6.45) is 1.60. The van der Waals surface area contributed by atoms with E-state index in [1.165, 1.54) is 0 Å². The number of rotatable bonds is 5. The van der Waals surface area contributed by atoms with E-state index in [0.717, 1.165) is 19.7 Å². The molecule has 1 aromatic heterocycles. The first-order chi connectivity index (χ1) is 12.2. The van der Waals surface area contributed by atoms with Crippen LogP contribution in [0.5, 0.6) is 0 Å². The molecular formula is C19H23NO6. The molecule has 0 spiro atoms. The average Bonchev–Trinajstić information content (AvgIpc) is 3.00. The maximum absolute atomic E-state index is 12.9. The third kappa shape index (κ3) is 4.04. The highest BCUT2D eigenvalue weighted by Gasteiger charge is 2.45. The van der Waals surface area contributed by atoms with Crippen LogP contribution >= 0.6 is 0 Å². The second kappa shape index (κ2) is 7.59. The molecule has 7 nitrogen and oxygen atoms in total. The quantitative estimate of drug-likeness (QED) is 0.500. The van der Waals surface area contributed by atoms with Gasteiger partial charge in [-0.15, -0.1) is 0 Å². The predicted octanol–water partition coefficient (Wildman–Crippen LogP) is 2.56. The maximum atomic E-state index is 12.9. The van der Waals surface area contributed by atoms with E-state index in [1.54, 1.807) is 39.1 Å². The van der Waals surface area contributed by atoms with Crippen molar-refractivity contribution in [2.75, 3.05) is 14.2 Å². The smallest absolute Gasteiger partial charge is 0.321 e. The number of hydrogen-bond donors (Lipinski definition) is 1. The third-order valence-electron chi connectivity index (χ3n) is 3.86. The SMILES string of the molecule is COC(=O)C(C(=O)OC)[C@@H](C(=O)OC(C)(C)C)c1c[nH]c2ccccc12. The van der Waals surface area contributed by atoms with Gasteiger partial charge in [0.25, 0.3) is 0 Å². The lowest BCUT2D eigenvalue weighted by atomic mass is 9.85. The maximum Gasteiger partial charge on any atom is 0.321 e. The van der Waals surface area contributed by atoms with Gasteiger partial charge in [0, 0.05) is 17.1 Å². The van der Waals surface area contributed by atoms with Crippen LogP contribution in [0.3, 0.4) is 0 Å². The molecule has 0 radical (unpaired) electrons. The van der Waals surface area contributed by atoms with Crippen molar-refractivity contribution in [2.24, 2.45) is 5.92 Å². The second-order valence-corrected chi connectivity index (χ2v) is 6.82. The summed E-state index contributed by atoms with van der Waals surface area (Å²) in [5, 5.41) is 0.709. The van der Waals surface area contributed by atoms with Crippen LogP contribution in [0.1, 0.15) is 32.3 Å². The number of ether oxygens (including phenoxy) is 3. The molecule has 0 aliphatic carbocycles. The number of aromatic nitrogens is 1. The zero-order valence-corrected chi connectivity index (χ0v) is 15.5. The fraction of sp³-hybridized carbons (Fsp3) is 0.421. The van der Waals surface area contributed by atoms with Crippen LogP contribution < -0.4 is 0 Å². The van der Waals surface area contributed by atoms with Crippen LogP contribution in [0.25, 0.3) is 10.9 Å². The number of benzene rings is 1. The van der Waals surface area contributed by atoms with Gasteiger partial charge in [-0.2, -0.15) is 0 Å². The number of nitrogens with one attached hydrogen (secondary N) is 1. The summed E-state index contributed by atoms with van der Waals surface area (Å²) in [6.45, 7) is 5.13. The lowest BCUT2D eigenvalue weighted by Crippen LogP contribution is -2.39. The van der Waals surface area contributed by atoms with E-state index in [0.29, 0.717) is 10.9 Å². The summed E-state index contributed by atoms with van der Waals surface area (Å²) in [5.74, 6) is -5.11. The lowest BCUT2D eigenvalue weighted by molar-refractivity contribution is -0.170. The molecule has 1 atom stereocenters. The summed E-state index contributed by atoms with van der Waals surface area (Å²) in [6, 6.07) is 7.26. The Morgan fingerprint density at radius 3 is 2.08 bits per heavy atom. The van der Waals surface area contributed by atoms with Crippen molar-refractivity contribution in [2.45, 2.75) is 32.3 Å². The van der Waals surface area contributed by atoms with Crippen molar-refractivity contribution in [1.82, 2.24) is 4.98 Å². The fourth-order valence-electron chi connectivity index (χ4n) is 2.78. The highest BCUT2D eigenvalue weighted by atomic mass is 16.6. The number of H-pyrrole nitrogens is 1. The molecule has 2 rings (SSSR count). The average molecular weight is 361 g/mol. The number of methoxy groups -OCH3 is 2. The van der Waals surface area contributed by atoms with E-state index in [9.17, 15) is 14.4 Å². The predicted molar refractivity (Wildman–Crippen MR) is 94.4 cm³/mol. The Bertz CT molecular complexity index is 801. The molecule has 0 aliphatic heterocycles. The van der Waals surface area contributed by atoms with Crippen molar-refractivity contribution in [3.8, 4) is 0 Å². The molecule has 7 heteroatoms. The molecule has 0 unspecified atom stereocenters. The molecular weight excluding hydrogens is 338 g/mol. The number of fused-ring (bicyclic) bond motifs is 1. The lowest BCUT2D eigenvalue weighted by Gasteiger charge is -2.26. The van der Waals surface area contributed by atoms with E-state index >= 15 is 0 Å². The molecule has 0 fully saturated rings. The highest BCUT2D eigenvalue weighted by molar-refractivity contribution is 6.03.